The van der Waals surface area contributed by atoms with Crippen LogP contribution in [0.3, 0.4) is 0 Å². The molecule has 0 amide bonds. The van der Waals surface area contributed by atoms with Crippen molar-refractivity contribution in [2.75, 3.05) is 5.43 Å². The van der Waals surface area contributed by atoms with E-state index < -0.39 is 11.6 Å². The highest BCUT2D eigenvalue weighted by molar-refractivity contribution is 6.00. The first-order valence-electron chi connectivity index (χ1n) is 6.38. The normalized spacial score (nSPS) is 11.9. The first-order valence-corrected chi connectivity index (χ1v) is 6.38. The largest absolute Gasteiger partial charge is 0.455 e. The van der Waals surface area contributed by atoms with E-state index in [1.165, 1.54) is 6.07 Å². The molecule has 0 aliphatic carbocycles. The smallest absolute Gasteiger partial charge is 0.151 e. The van der Waals surface area contributed by atoms with E-state index in [4.69, 9.17) is 4.42 Å². The maximum atomic E-state index is 13.5. The molecule has 0 saturated heterocycles. The van der Waals surface area contributed by atoms with Gasteiger partial charge in [-0.05, 0) is 31.2 Å². The maximum Gasteiger partial charge on any atom is 0.151 e. The van der Waals surface area contributed by atoms with Crippen molar-refractivity contribution in [1.82, 2.24) is 0 Å². The van der Waals surface area contributed by atoms with Crippen LogP contribution in [-0.2, 0) is 0 Å². The minimum atomic E-state index is -0.698. The number of hydrogen-bond acceptors (Lipinski definition) is 3. The molecule has 0 bridgehead atoms. The number of fused-ring (bicyclic) bond motifs is 1. The van der Waals surface area contributed by atoms with E-state index in [0.29, 0.717) is 11.5 Å². The van der Waals surface area contributed by atoms with Gasteiger partial charge in [0.15, 0.2) is 11.6 Å². The summed E-state index contributed by atoms with van der Waals surface area (Å²) in [4.78, 5) is 0. The van der Waals surface area contributed by atoms with Crippen LogP contribution in [0.15, 0.2) is 58.0 Å². The number of rotatable bonds is 3. The van der Waals surface area contributed by atoms with Crippen LogP contribution in [0.25, 0.3) is 11.0 Å². The molecule has 3 aromatic rings. The Bertz CT molecular complexity index is 791. The molecule has 0 aliphatic heterocycles. The number of para-hydroxylation sites is 1. The van der Waals surface area contributed by atoms with Crippen LogP contribution in [0.4, 0.5) is 14.5 Å². The van der Waals surface area contributed by atoms with Gasteiger partial charge < -0.3 is 4.42 Å². The van der Waals surface area contributed by atoms with Crippen LogP contribution in [0, 0.1) is 11.6 Å². The number of anilines is 1. The summed E-state index contributed by atoms with van der Waals surface area (Å²) >= 11 is 0. The fourth-order valence-electron chi connectivity index (χ4n) is 1.94. The minimum absolute atomic E-state index is 0.104. The molecule has 0 saturated carbocycles. The molecule has 21 heavy (non-hydrogen) atoms. The molecule has 0 fully saturated rings. The van der Waals surface area contributed by atoms with Gasteiger partial charge >= 0.3 is 0 Å². The van der Waals surface area contributed by atoms with E-state index >= 15 is 0 Å². The van der Waals surface area contributed by atoms with Crippen molar-refractivity contribution >= 4 is 22.4 Å². The summed E-state index contributed by atoms with van der Waals surface area (Å²) in [5.41, 5.74) is 4.00. The van der Waals surface area contributed by atoms with Crippen molar-refractivity contribution in [3.05, 3.63) is 65.9 Å². The Hall–Kier alpha value is -2.69. The Labute approximate surface area is 119 Å². The summed E-state index contributed by atoms with van der Waals surface area (Å²) in [5.74, 6) is -0.738. The molecule has 106 valence electrons. The second-order valence-electron chi connectivity index (χ2n) is 4.58. The summed E-state index contributed by atoms with van der Waals surface area (Å²) in [6.45, 7) is 1.74. The molecule has 3 rings (SSSR count). The molecule has 0 aliphatic rings. The molecular formula is C16H12F2N2O. The minimum Gasteiger partial charge on any atom is -0.455 e. The highest BCUT2D eigenvalue weighted by Gasteiger charge is 2.07. The van der Waals surface area contributed by atoms with Crippen molar-refractivity contribution in [1.29, 1.82) is 0 Å². The lowest BCUT2D eigenvalue weighted by Crippen LogP contribution is -2.00. The average Bonchev–Trinajstić information content (AvgIpc) is 2.90. The van der Waals surface area contributed by atoms with Crippen LogP contribution in [0.5, 0.6) is 0 Å². The van der Waals surface area contributed by atoms with E-state index in [-0.39, 0.29) is 5.69 Å². The van der Waals surface area contributed by atoms with Crippen LogP contribution in [0.1, 0.15) is 12.7 Å². The molecule has 5 heteroatoms. The second kappa shape index (κ2) is 5.36. The first-order chi connectivity index (χ1) is 10.1. The molecule has 2 aromatic carbocycles. The van der Waals surface area contributed by atoms with Crippen molar-refractivity contribution in [2.45, 2.75) is 6.92 Å². The maximum absolute atomic E-state index is 13.5. The fraction of sp³-hybridized carbons (Fsp3) is 0.0625. The zero-order chi connectivity index (χ0) is 14.8. The van der Waals surface area contributed by atoms with E-state index in [1.807, 2.05) is 30.3 Å². The lowest BCUT2D eigenvalue weighted by Gasteiger charge is -2.03. The Morgan fingerprint density at radius 3 is 2.67 bits per heavy atom. The van der Waals surface area contributed by atoms with Gasteiger partial charge in [-0.25, -0.2) is 8.78 Å². The first kappa shape index (κ1) is 13.3. The van der Waals surface area contributed by atoms with Gasteiger partial charge in [0.25, 0.3) is 0 Å². The topological polar surface area (TPSA) is 37.5 Å². The standard InChI is InChI=1S/C16H12F2N2O/c1-10(16-8-11-4-2-3-5-15(11)21-16)19-20-14-7-6-12(17)9-13(14)18/h2-9,20H,1H3. The van der Waals surface area contributed by atoms with E-state index in [1.54, 1.807) is 6.92 Å². The van der Waals surface area contributed by atoms with Gasteiger partial charge in [-0.3, -0.25) is 5.43 Å². The van der Waals surface area contributed by atoms with Gasteiger partial charge in [0.2, 0.25) is 0 Å². The predicted octanol–water partition coefficient (Wildman–Crippen LogP) is 4.55. The Balaban J connectivity index is 1.85. The number of hydrazone groups is 1. The number of halogens is 2. The monoisotopic (exact) mass is 286 g/mol. The summed E-state index contributed by atoms with van der Waals surface area (Å²) in [7, 11) is 0. The number of hydrogen-bond donors (Lipinski definition) is 1. The third-order valence-corrected chi connectivity index (χ3v) is 3.06. The van der Waals surface area contributed by atoms with Crippen LogP contribution in [0.2, 0.25) is 0 Å². The van der Waals surface area contributed by atoms with Crippen molar-refractivity contribution in [2.24, 2.45) is 5.10 Å². The molecule has 1 aromatic heterocycles. The van der Waals surface area contributed by atoms with Crippen molar-refractivity contribution in [3.8, 4) is 0 Å². The van der Waals surface area contributed by atoms with Gasteiger partial charge in [0.1, 0.15) is 17.1 Å². The van der Waals surface area contributed by atoms with Gasteiger partial charge in [-0.2, -0.15) is 5.10 Å². The quantitative estimate of drug-likeness (QED) is 0.566. The van der Waals surface area contributed by atoms with Crippen LogP contribution < -0.4 is 5.43 Å². The van der Waals surface area contributed by atoms with E-state index in [9.17, 15) is 8.78 Å². The van der Waals surface area contributed by atoms with E-state index in [2.05, 4.69) is 10.5 Å². The molecule has 0 atom stereocenters. The predicted molar refractivity (Wildman–Crippen MR) is 78.4 cm³/mol. The number of nitrogens with zero attached hydrogens (tertiary/aromatic N) is 1. The van der Waals surface area contributed by atoms with Crippen LogP contribution in [-0.4, -0.2) is 5.71 Å². The summed E-state index contributed by atoms with van der Waals surface area (Å²) in [5, 5.41) is 5.03. The van der Waals surface area contributed by atoms with Crippen molar-refractivity contribution in [3.63, 3.8) is 0 Å². The summed E-state index contributed by atoms with van der Waals surface area (Å²) < 4.78 is 31.9. The molecular weight excluding hydrogens is 274 g/mol. The zero-order valence-corrected chi connectivity index (χ0v) is 11.2. The molecule has 1 N–H and O–H groups in total. The molecule has 0 unspecified atom stereocenters. The third kappa shape index (κ3) is 2.76. The van der Waals surface area contributed by atoms with Gasteiger partial charge in [0, 0.05) is 11.5 Å². The second-order valence-corrected chi connectivity index (χ2v) is 4.58. The zero-order valence-electron chi connectivity index (χ0n) is 11.2. The van der Waals surface area contributed by atoms with Gasteiger partial charge in [0.05, 0.1) is 5.69 Å². The lowest BCUT2D eigenvalue weighted by molar-refractivity contribution is 0.585. The Kier molecular flexibility index (Phi) is 3.39. The summed E-state index contributed by atoms with van der Waals surface area (Å²) in [6.07, 6.45) is 0. The Morgan fingerprint density at radius 2 is 1.90 bits per heavy atom. The van der Waals surface area contributed by atoms with Crippen LogP contribution >= 0.6 is 0 Å². The number of furan rings is 1. The van der Waals surface area contributed by atoms with Gasteiger partial charge in [-0.1, -0.05) is 18.2 Å². The third-order valence-electron chi connectivity index (χ3n) is 3.06. The molecule has 1 heterocycles. The SMILES string of the molecule is CC(=NNc1ccc(F)cc1F)c1cc2ccccc2o1. The highest BCUT2D eigenvalue weighted by Crippen LogP contribution is 2.20. The van der Waals surface area contributed by atoms with E-state index in [0.717, 1.165) is 23.1 Å². The number of benzene rings is 2. The Morgan fingerprint density at radius 1 is 1.10 bits per heavy atom. The fourth-order valence-corrected chi connectivity index (χ4v) is 1.94. The van der Waals surface area contributed by atoms with Crippen molar-refractivity contribution < 1.29 is 13.2 Å². The number of nitrogens with one attached hydrogen (secondary N) is 1. The summed E-state index contributed by atoms with van der Waals surface area (Å²) in [6, 6.07) is 12.7. The molecule has 0 radical (unpaired) electrons. The average molecular weight is 286 g/mol. The molecule has 3 nitrogen and oxygen atoms in total. The lowest BCUT2D eigenvalue weighted by atomic mass is 10.2. The molecule has 0 spiro atoms. The highest BCUT2D eigenvalue weighted by atomic mass is 19.1. The van der Waals surface area contributed by atoms with Gasteiger partial charge in [-0.15, -0.1) is 0 Å².